The fourth-order valence-corrected chi connectivity index (χ4v) is 2.44. The van der Waals surface area contributed by atoms with E-state index >= 15 is 0 Å². The van der Waals surface area contributed by atoms with Crippen LogP contribution < -0.4 is 5.73 Å². The predicted octanol–water partition coefficient (Wildman–Crippen LogP) is 0.638. The number of halogens is 1. The molecule has 0 unspecified atom stereocenters. The van der Waals surface area contributed by atoms with Gasteiger partial charge in [0.1, 0.15) is 11.6 Å². The van der Waals surface area contributed by atoms with E-state index in [1.807, 2.05) is 0 Å². The number of aromatic hydroxyl groups is 1. The summed E-state index contributed by atoms with van der Waals surface area (Å²) in [6, 6.07) is 3.48. The van der Waals surface area contributed by atoms with E-state index in [-0.39, 0.29) is 17.2 Å². The summed E-state index contributed by atoms with van der Waals surface area (Å²) in [6.07, 6.45) is 0.869. The molecular formula is C14H20FN3O2. The molecule has 6 heteroatoms. The third-order valence-electron chi connectivity index (χ3n) is 3.51. The van der Waals surface area contributed by atoms with Gasteiger partial charge in [-0.1, -0.05) is 0 Å². The Morgan fingerprint density at radius 2 is 2.10 bits per heavy atom. The number of hydrogen-bond donors (Lipinski definition) is 2. The summed E-state index contributed by atoms with van der Waals surface area (Å²) in [7, 11) is 0. The smallest absolute Gasteiger partial charge is 0.257 e. The van der Waals surface area contributed by atoms with Crippen LogP contribution in [0.2, 0.25) is 0 Å². The van der Waals surface area contributed by atoms with Crippen molar-refractivity contribution in [1.29, 1.82) is 0 Å². The van der Waals surface area contributed by atoms with Crippen LogP contribution in [0.25, 0.3) is 0 Å². The Balaban J connectivity index is 2.05. The Morgan fingerprint density at radius 3 is 2.80 bits per heavy atom. The first-order valence-electron chi connectivity index (χ1n) is 6.82. The maximum atomic E-state index is 13.0. The molecule has 0 aliphatic carbocycles. The van der Waals surface area contributed by atoms with Crippen LogP contribution in [0.1, 0.15) is 16.8 Å². The molecule has 1 aliphatic rings. The highest BCUT2D eigenvalue weighted by atomic mass is 19.1. The number of amides is 1. The van der Waals surface area contributed by atoms with Crippen molar-refractivity contribution in [1.82, 2.24) is 9.80 Å². The number of nitrogens with zero attached hydrogens (tertiary/aromatic N) is 2. The third-order valence-corrected chi connectivity index (χ3v) is 3.51. The summed E-state index contributed by atoms with van der Waals surface area (Å²) in [5.41, 5.74) is 5.69. The van der Waals surface area contributed by atoms with E-state index in [0.29, 0.717) is 19.6 Å². The summed E-state index contributed by atoms with van der Waals surface area (Å²) in [6.45, 7) is 4.34. The molecule has 1 fully saturated rings. The summed E-state index contributed by atoms with van der Waals surface area (Å²) >= 11 is 0. The molecule has 0 aromatic heterocycles. The molecular weight excluding hydrogens is 261 g/mol. The number of nitrogens with two attached hydrogens (primary N) is 1. The normalized spacial score (nSPS) is 17.0. The molecule has 110 valence electrons. The number of carbonyl (C=O) groups excluding carboxylic acids is 1. The van der Waals surface area contributed by atoms with Gasteiger partial charge in [-0.25, -0.2) is 4.39 Å². The molecule has 1 heterocycles. The molecule has 1 aromatic carbocycles. The highest BCUT2D eigenvalue weighted by Gasteiger charge is 2.22. The van der Waals surface area contributed by atoms with Crippen LogP contribution in [0.15, 0.2) is 18.2 Å². The van der Waals surface area contributed by atoms with Crippen LogP contribution in [-0.4, -0.2) is 60.1 Å². The SMILES string of the molecule is NCCN1CCCN(C(=O)c2ccc(F)cc2O)CC1. The van der Waals surface area contributed by atoms with E-state index in [1.54, 1.807) is 4.90 Å². The summed E-state index contributed by atoms with van der Waals surface area (Å²) in [5.74, 6) is -1.11. The van der Waals surface area contributed by atoms with Gasteiger partial charge in [0.05, 0.1) is 5.56 Å². The van der Waals surface area contributed by atoms with Crippen LogP contribution in [0.5, 0.6) is 5.75 Å². The van der Waals surface area contributed by atoms with Crippen molar-refractivity contribution in [3.05, 3.63) is 29.6 Å². The maximum Gasteiger partial charge on any atom is 0.257 e. The molecule has 3 N–H and O–H groups in total. The Labute approximate surface area is 117 Å². The molecule has 0 spiro atoms. The van der Waals surface area contributed by atoms with Crippen molar-refractivity contribution in [3.8, 4) is 5.75 Å². The Bertz CT molecular complexity index is 481. The van der Waals surface area contributed by atoms with Crippen LogP contribution in [0.4, 0.5) is 4.39 Å². The van der Waals surface area contributed by atoms with Crippen molar-refractivity contribution in [2.75, 3.05) is 39.3 Å². The topological polar surface area (TPSA) is 69.8 Å². The number of phenolic OH excluding ortho intramolecular Hbond substituents is 1. The minimum atomic E-state index is -0.552. The molecule has 1 saturated heterocycles. The highest BCUT2D eigenvalue weighted by molar-refractivity contribution is 5.96. The minimum absolute atomic E-state index is 0.152. The second-order valence-corrected chi connectivity index (χ2v) is 4.94. The van der Waals surface area contributed by atoms with Gasteiger partial charge in [0.15, 0.2) is 0 Å². The van der Waals surface area contributed by atoms with Crippen LogP contribution in [0.3, 0.4) is 0 Å². The number of hydrogen-bond acceptors (Lipinski definition) is 4. The number of carbonyl (C=O) groups is 1. The van der Waals surface area contributed by atoms with Gasteiger partial charge in [-0.3, -0.25) is 4.79 Å². The molecule has 1 aromatic rings. The zero-order valence-electron chi connectivity index (χ0n) is 11.4. The van der Waals surface area contributed by atoms with Crippen molar-refractivity contribution >= 4 is 5.91 Å². The van der Waals surface area contributed by atoms with Crippen molar-refractivity contribution in [2.24, 2.45) is 5.73 Å². The summed E-state index contributed by atoms with van der Waals surface area (Å²) < 4.78 is 13.0. The average molecular weight is 281 g/mol. The molecule has 0 bridgehead atoms. The lowest BCUT2D eigenvalue weighted by atomic mass is 10.1. The molecule has 0 saturated carbocycles. The Morgan fingerprint density at radius 1 is 1.30 bits per heavy atom. The van der Waals surface area contributed by atoms with Gasteiger partial charge < -0.3 is 20.6 Å². The van der Waals surface area contributed by atoms with Gasteiger partial charge in [0, 0.05) is 38.8 Å². The standard InChI is InChI=1S/C14H20FN3O2/c15-11-2-3-12(13(19)10-11)14(20)18-6-1-5-17(7-4-16)8-9-18/h2-3,10,19H,1,4-9,16H2. The number of phenols is 1. The molecule has 2 rings (SSSR count). The first-order chi connectivity index (χ1) is 9.61. The second kappa shape index (κ2) is 6.67. The lowest BCUT2D eigenvalue weighted by Gasteiger charge is -2.22. The van der Waals surface area contributed by atoms with Gasteiger partial charge in [-0.2, -0.15) is 0 Å². The quantitative estimate of drug-likeness (QED) is 0.853. The first kappa shape index (κ1) is 14.7. The lowest BCUT2D eigenvalue weighted by Crippen LogP contribution is -2.36. The number of benzene rings is 1. The van der Waals surface area contributed by atoms with Crippen LogP contribution >= 0.6 is 0 Å². The van der Waals surface area contributed by atoms with E-state index in [2.05, 4.69) is 4.90 Å². The first-order valence-corrected chi connectivity index (χ1v) is 6.82. The molecule has 0 radical (unpaired) electrons. The van der Waals surface area contributed by atoms with Crippen molar-refractivity contribution < 1.29 is 14.3 Å². The summed E-state index contributed by atoms with van der Waals surface area (Å²) in [5, 5.41) is 9.68. The summed E-state index contributed by atoms with van der Waals surface area (Å²) in [4.78, 5) is 16.3. The van der Waals surface area contributed by atoms with Gasteiger partial charge in [0.25, 0.3) is 5.91 Å². The Kier molecular flexibility index (Phi) is 4.92. The zero-order valence-corrected chi connectivity index (χ0v) is 11.4. The highest BCUT2D eigenvalue weighted by Crippen LogP contribution is 2.20. The molecule has 5 nitrogen and oxygen atoms in total. The fraction of sp³-hybridized carbons (Fsp3) is 0.500. The second-order valence-electron chi connectivity index (χ2n) is 4.94. The van der Waals surface area contributed by atoms with E-state index in [1.165, 1.54) is 12.1 Å². The maximum absolute atomic E-state index is 13.0. The van der Waals surface area contributed by atoms with Gasteiger partial charge >= 0.3 is 0 Å². The van der Waals surface area contributed by atoms with E-state index in [0.717, 1.165) is 32.1 Å². The monoisotopic (exact) mass is 281 g/mol. The Hall–Kier alpha value is -1.66. The molecule has 20 heavy (non-hydrogen) atoms. The minimum Gasteiger partial charge on any atom is -0.507 e. The third kappa shape index (κ3) is 3.46. The van der Waals surface area contributed by atoms with E-state index < -0.39 is 5.82 Å². The fourth-order valence-electron chi connectivity index (χ4n) is 2.44. The average Bonchev–Trinajstić information content (AvgIpc) is 2.64. The van der Waals surface area contributed by atoms with E-state index in [9.17, 15) is 14.3 Å². The molecule has 0 atom stereocenters. The van der Waals surface area contributed by atoms with Crippen LogP contribution in [0, 0.1) is 5.82 Å². The van der Waals surface area contributed by atoms with Crippen molar-refractivity contribution in [2.45, 2.75) is 6.42 Å². The van der Waals surface area contributed by atoms with Gasteiger partial charge in [-0.15, -0.1) is 0 Å². The predicted molar refractivity (Wildman–Crippen MR) is 74.1 cm³/mol. The van der Waals surface area contributed by atoms with Gasteiger partial charge in [-0.05, 0) is 25.1 Å². The molecule has 1 aliphatic heterocycles. The van der Waals surface area contributed by atoms with Crippen molar-refractivity contribution in [3.63, 3.8) is 0 Å². The lowest BCUT2D eigenvalue weighted by molar-refractivity contribution is 0.0758. The van der Waals surface area contributed by atoms with Crippen LogP contribution in [-0.2, 0) is 0 Å². The van der Waals surface area contributed by atoms with E-state index in [4.69, 9.17) is 5.73 Å². The number of rotatable bonds is 3. The zero-order chi connectivity index (χ0) is 14.5. The van der Waals surface area contributed by atoms with Gasteiger partial charge in [0.2, 0.25) is 0 Å². The largest absolute Gasteiger partial charge is 0.507 e. The molecule has 1 amide bonds.